The van der Waals surface area contributed by atoms with Gasteiger partial charge in [-0.1, -0.05) is 0 Å². The molecule has 0 N–H and O–H groups in total. The predicted molar refractivity (Wildman–Crippen MR) is 121 cm³/mol. The van der Waals surface area contributed by atoms with Gasteiger partial charge in [0.1, 0.15) is 5.82 Å². The first kappa shape index (κ1) is 22.5. The minimum absolute atomic E-state index is 0.0179. The van der Waals surface area contributed by atoms with Crippen molar-refractivity contribution in [3.63, 3.8) is 0 Å². The number of sulfonamides is 2. The van der Waals surface area contributed by atoms with Gasteiger partial charge in [0.2, 0.25) is 15.9 Å². The number of imidazole rings is 1. The van der Waals surface area contributed by atoms with Gasteiger partial charge in [-0.25, -0.2) is 21.8 Å². The second-order valence-electron chi connectivity index (χ2n) is 8.78. The van der Waals surface area contributed by atoms with Crippen LogP contribution in [0.2, 0.25) is 0 Å². The third-order valence-electron chi connectivity index (χ3n) is 6.77. The molecule has 33 heavy (non-hydrogen) atoms. The van der Waals surface area contributed by atoms with Crippen molar-refractivity contribution in [1.29, 1.82) is 0 Å². The van der Waals surface area contributed by atoms with Gasteiger partial charge in [-0.3, -0.25) is 4.79 Å². The van der Waals surface area contributed by atoms with Gasteiger partial charge in [-0.2, -0.15) is 8.61 Å². The van der Waals surface area contributed by atoms with E-state index in [0.29, 0.717) is 38.1 Å². The Balaban J connectivity index is 1.39. The molecule has 0 aliphatic carbocycles. The molecule has 3 aliphatic rings. The molecule has 4 heterocycles. The first-order valence-electron chi connectivity index (χ1n) is 11.1. The summed E-state index contributed by atoms with van der Waals surface area (Å²) in [5.41, 5.74) is 2.67. The molecule has 2 aromatic rings. The van der Waals surface area contributed by atoms with Crippen molar-refractivity contribution in [2.75, 3.05) is 37.6 Å². The SMILES string of the molecule is Cc1nc(S(=O)(=O)N2CCCN(S(=O)(=O)c3cc4c5c(c3)CCN5C(=O)CC4)CC2)cn1C. The summed E-state index contributed by atoms with van der Waals surface area (Å²) in [6.45, 7) is 2.94. The molecular weight excluding hydrogens is 466 g/mol. The third kappa shape index (κ3) is 3.69. The van der Waals surface area contributed by atoms with E-state index in [1.54, 1.807) is 35.6 Å². The molecule has 0 radical (unpaired) electrons. The second-order valence-corrected chi connectivity index (χ2v) is 12.6. The van der Waals surface area contributed by atoms with E-state index in [0.717, 1.165) is 16.8 Å². The molecule has 12 heteroatoms. The zero-order valence-electron chi connectivity index (χ0n) is 18.7. The van der Waals surface area contributed by atoms with Crippen molar-refractivity contribution in [3.05, 3.63) is 35.3 Å². The zero-order valence-corrected chi connectivity index (χ0v) is 20.3. The summed E-state index contributed by atoms with van der Waals surface area (Å²) in [5, 5.41) is -0.0179. The van der Waals surface area contributed by atoms with Crippen LogP contribution in [0.25, 0.3) is 0 Å². The normalized spacial score (nSPS) is 20.2. The van der Waals surface area contributed by atoms with Crippen LogP contribution in [0.15, 0.2) is 28.3 Å². The highest BCUT2D eigenvalue weighted by molar-refractivity contribution is 7.89. The number of carbonyl (C=O) groups is 1. The van der Waals surface area contributed by atoms with E-state index in [9.17, 15) is 21.6 Å². The number of anilines is 1. The van der Waals surface area contributed by atoms with E-state index >= 15 is 0 Å². The second kappa shape index (κ2) is 7.90. The number of benzene rings is 1. The highest BCUT2D eigenvalue weighted by Crippen LogP contribution is 2.39. The van der Waals surface area contributed by atoms with Crippen LogP contribution < -0.4 is 4.90 Å². The highest BCUT2D eigenvalue weighted by Gasteiger charge is 2.36. The molecule has 1 fully saturated rings. The van der Waals surface area contributed by atoms with Crippen LogP contribution in [0.1, 0.15) is 29.8 Å². The molecule has 0 atom stereocenters. The topological polar surface area (TPSA) is 113 Å². The molecule has 178 valence electrons. The number of hydrogen-bond donors (Lipinski definition) is 0. The molecule has 3 aliphatic heterocycles. The summed E-state index contributed by atoms with van der Waals surface area (Å²) in [5.74, 6) is 0.683. The van der Waals surface area contributed by atoms with E-state index < -0.39 is 20.0 Å². The Morgan fingerprint density at radius 2 is 1.48 bits per heavy atom. The fourth-order valence-electron chi connectivity index (χ4n) is 4.86. The standard InChI is InChI=1S/C21H27N5O5S2/c1-15-22-19(14-23(15)2)33(30,31)25-8-3-7-24(10-11-25)32(28,29)18-12-16-4-5-20(27)26-9-6-17(13-18)21(16)26/h12-14H,3-11H2,1-2H3. The zero-order chi connectivity index (χ0) is 23.5. The fourth-order valence-corrected chi connectivity index (χ4v) is 7.92. The Bertz CT molecular complexity index is 1330. The van der Waals surface area contributed by atoms with Gasteiger partial charge in [-0.05, 0) is 49.4 Å². The molecule has 1 aromatic carbocycles. The highest BCUT2D eigenvalue weighted by atomic mass is 32.2. The first-order valence-corrected chi connectivity index (χ1v) is 13.9. The van der Waals surface area contributed by atoms with Crippen molar-refractivity contribution in [1.82, 2.24) is 18.2 Å². The summed E-state index contributed by atoms with van der Waals surface area (Å²) in [4.78, 5) is 18.3. The number of aromatic nitrogens is 2. The average Bonchev–Trinajstić information content (AvgIpc) is 3.24. The fraction of sp³-hybridized carbons (Fsp3) is 0.524. The van der Waals surface area contributed by atoms with Crippen LogP contribution in [0.3, 0.4) is 0 Å². The van der Waals surface area contributed by atoms with Crippen molar-refractivity contribution < 1.29 is 21.6 Å². The van der Waals surface area contributed by atoms with E-state index in [1.165, 1.54) is 14.8 Å². The van der Waals surface area contributed by atoms with Crippen LogP contribution in [0.4, 0.5) is 5.69 Å². The van der Waals surface area contributed by atoms with Crippen molar-refractivity contribution >= 4 is 31.6 Å². The molecule has 1 amide bonds. The smallest absolute Gasteiger partial charge is 0.262 e. The van der Waals surface area contributed by atoms with Crippen molar-refractivity contribution in [2.24, 2.45) is 7.05 Å². The Kier molecular flexibility index (Phi) is 5.39. The maximum Gasteiger partial charge on any atom is 0.262 e. The molecule has 0 bridgehead atoms. The number of aryl methyl sites for hydroxylation is 3. The minimum Gasteiger partial charge on any atom is -0.337 e. The lowest BCUT2D eigenvalue weighted by atomic mass is 10.00. The van der Waals surface area contributed by atoms with Crippen LogP contribution in [-0.2, 0) is 44.7 Å². The lowest BCUT2D eigenvalue weighted by Crippen LogP contribution is -2.37. The Hall–Kier alpha value is -2.28. The van der Waals surface area contributed by atoms with Gasteiger partial charge in [-0.15, -0.1) is 0 Å². The molecular formula is C21H27N5O5S2. The largest absolute Gasteiger partial charge is 0.337 e. The maximum atomic E-state index is 13.5. The van der Waals surface area contributed by atoms with Gasteiger partial charge in [0.25, 0.3) is 10.0 Å². The van der Waals surface area contributed by atoms with Gasteiger partial charge in [0, 0.05) is 52.4 Å². The number of hydrogen-bond acceptors (Lipinski definition) is 6. The number of carbonyl (C=O) groups excluding carboxylic acids is 1. The third-order valence-corrected chi connectivity index (χ3v) is 10.4. The maximum absolute atomic E-state index is 13.5. The molecule has 0 unspecified atom stereocenters. The van der Waals surface area contributed by atoms with Crippen molar-refractivity contribution in [2.45, 2.75) is 42.5 Å². The molecule has 1 saturated heterocycles. The Labute approximate surface area is 193 Å². The first-order chi connectivity index (χ1) is 15.6. The lowest BCUT2D eigenvalue weighted by molar-refractivity contribution is -0.118. The van der Waals surface area contributed by atoms with Crippen LogP contribution in [0, 0.1) is 6.92 Å². The molecule has 0 saturated carbocycles. The van der Waals surface area contributed by atoms with Gasteiger partial charge in [0.05, 0.1) is 10.6 Å². The summed E-state index contributed by atoms with van der Waals surface area (Å²) in [6.07, 6.45) is 3.45. The lowest BCUT2D eigenvalue weighted by Gasteiger charge is -2.27. The quantitative estimate of drug-likeness (QED) is 0.618. The van der Waals surface area contributed by atoms with Crippen molar-refractivity contribution in [3.8, 4) is 0 Å². The van der Waals surface area contributed by atoms with Crippen LogP contribution in [-0.4, -0.2) is 73.6 Å². The molecule has 1 aromatic heterocycles. The van der Waals surface area contributed by atoms with E-state index in [4.69, 9.17) is 0 Å². The van der Waals surface area contributed by atoms with Crippen LogP contribution >= 0.6 is 0 Å². The number of amides is 1. The van der Waals surface area contributed by atoms with Gasteiger partial charge >= 0.3 is 0 Å². The van der Waals surface area contributed by atoms with Crippen LogP contribution in [0.5, 0.6) is 0 Å². The monoisotopic (exact) mass is 493 g/mol. The molecule has 10 nitrogen and oxygen atoms in total. The molecule has 5 rings (SSSR count). The predicted octanol–water partition coefficient (Wildman–Crippen LogP) is 0.649. The average molecular weight is 494 g/mol. The number of nitrogens with zero attached hydrogens (tertiary/aromatic N) is 5. The summed E-state index contributed by atoms with van der Waals surface area (Å²) < 4.78 is 57.5. The molecule has 0 spiro atoms. The minimum atomic E-state index is -3.80. The Morgan fingerprint density at radius 1 is 0.848 bits per heavy atom. The van der Waals surface area contributed by atoms with Gasteiger partial charge < -0.3 is 9.47 Å². The van der Waals surface area contributed by atoms with Gasteiger partial charge in [0.15, 0.2) is 5.03 Å². The summed E-state index contributed by atoms with van der Waals surface area (Å²) in [6, 6.07) is 3.37. The van der Waals surface area contributed by atoms with E-state index in [1.807, 2.05) is 0 Å². The Morgan fingerprint density at radius 3 is 2.12 bits per heavy atom. The van der Waals surface area contributed by atoms with E-state index in [2.05, 4.69) is 4.98 Å². The summed E-state index contributed by atoms with van der Waals surface area (Å²) >= 11 is 0. The number of rotatable bonds is 4. The summed E-state index contributed by atoms with van der Waals surface area (Å²) in [7, 11) is -5.86. The van der Waals surface area contributed by atoms with E-state index in [-0.39, 0.29) is 42.0 Å².